The highest BCUT2D eigenvalue weighted by atomic mass is 16.5. The van der Waals surface area contributed by atoms with Gasteiger partial charge in [0.25, 0.3) is 0 Å². The first-order chi connectivity index (χ1) is 10.2. The topological polar surface area (TPSA) is 27.7 Å². The molecule has 0 saturated carbocycles. The minimum atomic E-state index is 0.705. The first-order valence-corrected chi connectivity index (χ1v) is 6.73. The van der Waals surface area contributed by atoms with Crippen LogP contribution in [0.25, 0.3) is 12.2 Å². The Morgan fingerprint density at radius 1 is 0.810 bits per heavy atom. The van der Waals surface area contributed by atoms with Gasteiger partial charge in [0.2, 0.25) is 0 Å². The largest absolute Gasteiger partial charge is 0.496 e. The summed E-state index contributed by atoms with van der Waals surface area (Å²) < 4.78 is 16.1. The van der Waals surface area contributed by atoms with Crippen molar-refractivity contribution in [2.24, 2.45) is 0 Å². The summed E-state index contributed by atoms with van der Waals surface area (Å²) in [6, 6.07) is 11.9. The van der Waals surface area contributed by atoms with E-state index in [1.165, 1.54) is 5.56 Å². The van der Waals surface area contributed by atoms with E-state index < -0.39 is 0 Å². The maximum atomic E-state index is 5.44. The molecule has 0 aromatic heterocycles. The average Bonchev–Trinajstić information content (AvgIpc) is 2.53. The van der Waals surface area contributed by atoms with Gasteiger partial charge in [0.1, 0.15) is 17.2 Å². The Bertz CT molecular complexity index is 620. The van der Waals surface area contributed by atoms with E-state index in [1.807, 2.05) is 30.3 Å². The second-order valence-electron chi connectivity index (χ2n) is 4.64. The summed E-state index contributed by atoms with van der Waals surface area (Å²) in [4.78, 5) is 0. The van der Waals surface area contributed by atoms with Gasteiger partial charge in [-0.2, -0.15) is 0 Å². The van der Waals surface area contributed by atoms with Crippen LogP contribution in [0, 0.1) is 6.92 Å². The van der Waals surface area contributed by atoms with E-state index in [1.54, 1.807) is 21.3 Å². The predicted octanol–water partition coefficient (Wildman–Crippen LogP) is 4.19. The highest BCUT2D eigenvalue weighted by Crippen LogP contribution is 2.35. The second kappa shape index (κ2) is 6.84. The van der Waals surface area contributed by atoms with Crippen LogP contribution in [0.4, 0.5) is 0 Å². The third kappa shape index (κ3) is 3.37. The fourth-order valence-corrected chi connectivity index (χ4v) is 2.14. The molecule has 0 aliphatic heterocycles. The van der Waals surface area contributed by atoms with Crippen molar-refractivity contribution < 1.29 is 14.2 Å². The van der Waals surface area contributed by atoms with Crippen molar-refractivity contribution in [3.05, 3.63) is 53.1 Å². The van der Waals surface area contributed by atoms with Gasteiger partial charge >= 0.3 is 0 Å². The number of hydrogen-bond acceptors (Lipinski definition) is 3. The van der Waals surface area contributed by atoms with Crippen LogP contribution in [0.2, 0.25) is 0 Å². The highest BCUT2D eigenvalue weighted by Gasteiger charge is 2.10. The smallest absolute Gasteiger partial charge is 0.133 e. The maximum Gasteiger partial charge on any atom is 0.133 e. The van der Waals surface area contributed by atoms with Gasteiger partial charge in [-0.1, -0.05) is 30.3 Å². The Labute approximate surface area is 125 Å². The molecule has 3 heteroatoms. The molecule has 0 aliphatic rings. The zero-order valence-electron chi connectivity index (χ0n) is 12.8. The zero-order chi connectivity index (χ0) is 15.2. The standard InChI is InChI=1S/C18H20O3/c1-13-7-5-6-8-14(13)9-10-16-17(20-3)11-15(19-2)12-18(16)21-4/h5-12H,1-4H3/b10-9+. The molecule has 2 rings (SSSR count). The van der Waals surface area contributed by atoms with Gasteiger partial charge in [-0.05, 0) is 24.1 Å². The Morgan fingerprint density at radius 3 is 1.95 bits per heavy atom. The molecule has 0 unspecified atom stereocenters. The molecule has 0 fully saturated rings. The van der Waals surface area contributed by atoms with Gasteiger partial charge in [0, 0.05) is 12.1 Å². The van der Waals surface area contributed by atoms with Gasteiger partial charge in [-0.25, -0.2) is 0 Å². The van der Waals surface area contributed by atoms with Crippen LogP contribution < -0.4 is 14.2 Å². The molecular formula is C18H20O3. The van der Waals surface area contributed by atoms with Gasteiger partial charge in [0.05, 0.1) is 26.9 Å². The second-order valence-corrected chi connectivity index (χ2v) is 4.64. The molecule has 0 atom stereocenters. The summed E-state index contributed by atoms with van der Waals surface area (Å²) in [7, 11) is 4.90. The number of aryl methyl sites for hydroxylation is 1. The van der Waals surface area contributed by atoms with Crippen LogP contribution >= 0.6 is 0 Å². The maximum absolute atomic E-state index is 5.44. The highest BCUT2D eigenvalue weighted by molar-refractivity contribution is 5.77. The summed E-state index contributed by atoms with van der Waals surface area (Å²) in [6.07, 6.45) is 4.06. The molecule has 0 amide bonds. The quantitative estimate of drug-likeness (QED) is 0.770. The van der Waals surface area contributed by atoms with E-state index in [0.717, 1.165) is 22.6 Å². The molecule has 21 heavy (non-hydrogen) atoms. The summed E-state index contributed by atoms with van der Waals surface area (Å²) in [5.74, 6) is 2.14. The molecule has 2 aromatic carbocycles. The number of benzene rings is 2. The zero-order valence-corrected chi connectivity index (χ0v) is 12.8. The average molecular weight is 284 g/mol. The van der Waals surface area contributed by atoms with Crippen LogP contribution in [-0.4, -0.2) is 21.3 Å². The monoisotopic (exact) mass is 284 g/mol. The Balaban J connectivity index is 2.45. The van der Waals surface area contributed by atoms with Gasteiger partial charge in [0.15, 0.2) is 0 Å². The molecular weight excluding hydrogens is 264 g/mol. The molecule has 0 N–H and O–H groups in total. The molecule has 0 saturated heterocycles. The van der Waals surface area contributed by atoms with Gasteiger partial charge in [-0.3, -0.25) is 0 Å². The first-order valence-electron chi connectivity index (χ1n) is 6.73. The lowest BCUT2D eigenvalue weighted by molar-refractivity contribution is 0.374. The van der Waals surface area contributed by atoms with E-state index in [0.29, 0.717) is 5.75 Å². The fourth-order valence-electron chi connectivity index (χ4n) is 2.14. The minimum Gasteiger partial charge on any atom is -0.496 e. The van der Waals surface area contributed by atoms with E-state index in [2.05, 4.69) is 25.1 Å². The lowest BCUT2D eigenvalue weighted by Gasteiger charge is -2.12. The van der Waals surface area contributed by atoms with Crippen LogP contribution in [0.1, 0.15) is 16.7 Å². The molecule has 3 nitrogen and oxygen atoms in total. The SMILES string of the molecule is COc1cc(OC)c(/C=C/c2ccccc2C)c(OC)c1. The molecule has 0 bridgehead atoms. The van der Waals surface area contributed by atoms with Gasteiger partial charge in [-0.15, -0.1) is 0 Å². The Morgan fingerprint density at radius 2 is 1.43 bits per heavy atom. The summed E-state index contributed by atoms with van der Waals surface area (Å²) in [5.41, 5.74) is 3.28. The fraction of sp³-hybridized carbons (Fsp3) is 0.222. The summed E-state index contributed by atoms with van der Waals surface area (Å²) in [6.45, 7) is 2.09. The van der Waals surface area contributed by atoms with Crippen LogP contribution in [0.5, 0.6) is 17.2 Å². The van der Waals surface area contributed by atoms with Crippen molar-refractivity contribution in [1.29, 1.82) is 0 Å². The summed E-state index contributed by atoms with van der Waals surface area (Å²) >= 11 is 0. The van der Waals surface area contributed by atoms with Crippen LogP contribution in [0.3, 0.4) is 0 Å². The first kappa shape index (κ1) is 15.0. The lowest BCUT2D eigenvalue weighted by atomic mass is 10.1. The minimum absolute atomic E-state index is 0.705. The molecule has 0 spiro atoms. The van der Waals surface area contributed by atoms with Gasteiger partial charge < -0.3 is 14.2 Å². The van der Waals surface area contributed by atoms with E-state index in [9.17, 15) is 0 Å². The number of ether oxygens (including phenoxy) is 3. The normalized spacial score (nSPS) is 10.7. The van der Waals surface area contributed by atoms with Crippen molar-refractivity contribution >= 4 is 12.2 Å². The van der Waals surface area contributed by atoms with Crippen molar-refractivity contribution in [1.82, 2.24) is 0 Å². The van der Waals surface area contributed by atoms with Crippen LogP contribution in [-0.2, 0) is 0 Å². The number of rotatable bonds is 5. The molecule has 0 aliphatic carbocycles. The third-order valence-electron chi connectivity index (χ3n) is 3.37. The molecule has 0 heterocycles. The van der Waals surface area contributed by atoms with E-state index in [-0.39, 0.29) is 0 Å². The van der Waals surface area contributed by atoms with Crippen molar-refractivity contribution in [3.63, 3.8) is 0 Å². The predicted molar refractivity (Wildman–Crippen MR) is 86.2 cm³/mol. The lowest BCUT2D eigenvalue weighted by Crippen LogP contribution is -1.94. The molecule has 0 radical (unpaired) electrons. The van der Waals surface area contributed by atoms with Crippen molar-refractivity contribution in [2.75, 3.05) is 21.3 Å². The van der Waals surface area contributed by atoms with Crippen molar-refractivity contribution in [3.8, 4) is 17.2 Å². The Kier molecular flexibility index (Phi) is 4.88. The third-order valence-corrected chi connectivity index (χ3v) is 3.37. The molecule has 2 aromatic rings. The van der Waals surface area contributed by atoms with Crippen LogP contribution in [0.15, 0.2) is 36.4 Å². The molecule has 110 valence electrons. The van der Waals surface area contributed by atoms with E-state index >= 15 is 0 Å². The Hall–Kier alpha value is -2.42. The number of methoxy groups -OCH3 is 3. The van der Waals surface area contributed by atoms with E-state index in [4.69, 9.17) is 14.2 Å². The number of hydrogen-bond donors (Lipinski definition) is 0. The summed E-state index contributed by atoms with van der Waals surface area (Å²) in [5, 5.41) is 0. The van der Waals surface area contributed by atoms with Crippen molar-refractivity contribution in [2.45, 2.75) is 6.92 Å².